The van der Waals surface area contributed by atoms with Crippen LogP contribution in [0.2, 0.25) is 0 Å². The van der Waals surface area contributed by atoms with E-state index < -0.39 is 18.6 Å². The molecule has 166 valence electrons. The highest BCUT2D eigenvalue weighted by Gasteiger charge is 2.48. The Bertz CT molecular complexity index is 826. The summed E-state index contributed by atoms with van der Waals surface area (Å²) >= 11 is 0. The van der Waals surface area contributed by atoms with Crippen molar-refractivity contribution in [2.75, 3.05) is 37.6 Å². The summed E-state index contributed by atoms with van der Waals surface area (Å²) in [6.45, 7) is 3.62. The monoisotopic (exact) mass is 427 g/mol. The van der Waals surface area contributed by atoms with Crippen LogP contribution < -0.4 is 4.90 Å². The molecule has 0 N–H and O–H groups in total. The number of hydrogen-bond donors (Lipinski definition) is 0. The number of carbonyl (C=O) groups excluding carboxylic acids is 4. The summed E-state index contributed by atoms with van der Waals surface area (Å²) < 4.78 is 5.30. The average Bonchev–Trinajstić information content (AvgIpc) is 3.04. The molecule has 8 heteroatoms. The van der Waals surface area contributed by atoms with Crippen LogP contribution in [-0.4, -0.2) is 72.3 Å². The van der Waals surface area contributed by atoms with Crippen LogP contribution in [0.3, 0.4) is 0 Å². The van der Waals surface area contributed by atoms with E-state index in [1.807, 2.05) is 30.3 Å². The summed E-state index contributed by atoms with van der Waals surface area (Å²) in [7, 11) is 0. The molecule has 3 atom stereocenters. The molecule has 2 aliphatic heterocycles. The topological polar surface area (TPSA) is 87.2 Å². The van der Waals surface area contributed by atoms with Gasteiger partial charge in [-0.1, -0.05) is 31.0 Å². The van der Waals surface area contributed by atoms with Gasteiger partial charge < -0.3 is 14.5 Å². The minimum atomic E-state index is -0.953. The molecule has 3 unspecified atom stereocenters. The molecule has 0 radical (unpaired) electrons. The number of amides is 3. The summed E-state index contributed by atoms with van der Waals surface area (Å²) in [5, 5.41) is 0. The lowest BCUT2D eigenvalue weighted by atomic mass is 9.81. The zero-order chi connectivity index (χ0) is 22.0. The van der Waals surface area contributed by atoms with Crippen molar-refractivity contribution in [3.05, 3.63) is 30.3 Å². The number of anilines is 1. The molecule has 3 fully saturated rings. The Hall–Kier alpha value is -2.90. The van der Waals surface area contributed by atoms with Gasteiger partial charge in [-0.2, -0.15) is 0 Å². The van der Waals surface area contributed by atoms with E-state index in [9.17, 15) is 19.2 Å². The number of fused-ring (bicyclic) bond motifs is 1. The van der Waals surface area contributed by atoms with E-state index in [4.69, 9.17) is 4.74 Å². The minimum Gasteiger partial charge on any atom is -0.451 e. The van der Waals surface area contributed by atoms with Gasteiger partial charge in [0, 0.05) is 31.9 Å². The van der Waals surface area contributed by atoms with Gasteiger partial charge in [0.15, 0.2) is 6.10 Å². The summed E-state index contributed by atoms with van der Waals surface area (Å²) in [6.07, 6.45) is 2.31. The quantitative estimate of drug-likeness (QED) is 0.522. The van der Waals surface area contributed by atoms with Crippen molar-refractivity contribution in [3.8, 4) is 0 Å². The number of hydrogen-bond acceptors (Lipinski definition) is 6. The molecule has 3 amide bonds. The van der Waals surface area contributed by atoms with Gasteiger partial charge >= 0.3 is 5.97 Å². The van der Waals surface area contributed by atoms with E-state index in [1.165, 1.54) is 6.92 Å². The summed E-state index contributed by atoms with van der Waals surface area (Å²) in [6, 6.07) is 10.0. The first-order valence-corrected chi connectivity index (χ1v) is 11.1. The van der Waals surface area contributed by atoms with Crippen LogP contribution in [0.15, 0.2) is 30.3 Å². The largest absolute Gasteiger partial charge is 0.451 e. The Balaban J connectivity index is 1.27. The first-order chi connectivity index (χ1) is 15.0. The molecule has 2 heterocycles. The normalized spacial score (nSPS) is 24.7. The zero-order valence-electron chi connectivity index (χ0n) is 17.9. The van der Waals surface area contributed by atoms with Crippen molar-refractivity contribution < 1.29 is 23.9 Å². The Morgan fingerprint density at radius 3 is 2.13 bits per heavy atom. The van der Waals surface area contributed by atoms with Crippen molar-refractivity contribution in [2.45, 2.75) is 38.7 Å². The number of ether oxygens (including phenoxy) is 1. The molecule has 2 saturated heterocycles. The average molecular weight is 428 g/mol. The molecule has 31 heavy (non-hydrogen) atoms. The van der Waals surface area contributed by atoms with Crippen LogP contribution in [-0.2, 0) is 23.9 Å². The van der Waals surface area contributed by atoms with Crippen LogP contribution in [0.1, 0.15) is 32.6 Å². The molecular weight excluding hydrogens is 398 g/mol. The summed E-state index contributed by atoms with van der Waals surface area (Å²) in [4.78, 5) is 55.1. The number of benzene rings is 1. The molecular formula is C23H29N3O5. The SMILES string of the molecule is CC(OC(=O)CN1C(=O)C2CCCCC2C1=O)C(=O)N1CCN(c2ccccc2)CC1. The number of rotatable bonds is 5. The maximum atomic E-state index is 12.7. The van der Waals surface area contributed by atoms with Gasteiger partial charge in [0.25, 0.3) is 5.91 Å². The second-order valence-electron chi connectivity index (χ2n) is 8.54. The first-order valence-electron chi connectivity index (χ1n) is 11.1. The standard InChI is InChI=1S/C23H29N3O5/c1-16(21(28)25-13-11-24(12-14-25)17-7-3-2-4-8-17)31-20(27)15-26-22(29)18-9-5-6-10-19(18)23(26)30/h2-4,7-8,16,18-19H,5-6,9-15H2,1H3. The van der Waals surface area contributed by atoms with Crippen molar-refractivity contribution >= 4 is 29.4 Å². The predicted octanol–water partition coefficient (Wildman–Crippen LogP) is 1.44. The number of carbonyl (C=O) groups is 4. The Labute approximate surface area is 182 Å². The Morgan fingerprint density at radius 2 is 1.55 bits per heavy atom. The van der Waals surface area contributed by atoms with Crippen LogP contribution in [0, 0.1) is 11.8 Å². The lowest BCUT2D eigenvalue weighted by molar-refractivity contribution is -0.162. The fourth-order valence-corrected chi connectivity index (χ4v) is 4.88. The van der Waals surface area contributed by atoms with E-state index in [-0.39, 0.29) is 29.6 Å². The van der Waals surface area contributed by atoms with Gasteiger partial charge in [0.2, 0.25) is 11.8 Å². The Morgan fingerprint density at radius 1 is 0.968 bits per heavy atom. The van der Waals surface area contributed by atoms with E-state index in [2.05, 4.69) is 4.90 Å². The van der Waals surface area contributed by atoms with Crippen LogP contribution in [0.4, 0.5) is 5.69 Å². The van der Waals surface area contributed by atoms with E-state index >= 15 is 0 Å². The predicted molar refractivity (Wildman–Crippen MR) is 113 cm³/mol. The highest BCUT2D eigenvalue weighted by molar-refractivity contribution is 6.07. The number of imide groups is 1. The molecule has 4 rings (SSSR count). The smallest absolute Gasteiger partial charge is 0.326 e. The van der Waals surface area contributed by atoms with Crippen molar-refractivity contribution in [2.24, 2.45) is 11.8 Å². The lowest BCUT2D eigenvalue weighted by Gasteiger charge is -2.37. The molecule has 0 bridgehead atoms. The number of para-hydroxylation sites is 1. The van der Waals surface area contributed by atoms with Crippen molar-refractivity contribution in [1.29, 1.82) is 0 Å². The highest BCUT2D eigenvalue weighted by Crippen LogP contribution is 2.37. The second kappa shape index (κ2) is 9.08. The number of piperazine rings is 1. The van der Waals surface area contributed by atoms with Gasteiger partial charge in [-0.25, -0.2) is 0 Å². The van der Waals surface area contributed by atoms with Gasteiger partial charge in [-0.05, 0) is 31.9 Å². The number of nitrogens with zero attached hydrogens (tertiary/aromatic N) is 3. The Kier molecular flexibility index (Phi) is 6.25. The second-order valence-corrected chi connectivity index (χ2v) is 8.54. The lowest BCUT2D eigenvalue weighted by Crippen LogP contribution is -2.52. The maximum Gasteiger partial charge on any atom is 0.326 e. The van der Waals surface area contributed by atoms with E-state index in [0.717, 1.165) is 23.4 Å². The van der Waals surface area contributed by atoms with Crippen molar-refractivity contribution in [1.82, 2.24) is 9.80 Å². The molecule has 1 aromatic rings. The summed E-state index contributed by atoms with van der Waals surface area (Å²) in [5.41, 5.74) is 1.12. The first kappa shape index (κ1) is 21.3. The third-order valence-electron chi connectivity index (χ3n) is 6.59. The van der Waals surface area contributed by atoms with Crippen molar-refractivity contribution in [3.63, 3.8) is 0 Å². The van der Waals surface area contributed by atoms with Gasteiger partial charge in [-0.15, -0.1) is 0 Å². The van der Waals surface area contributed by atoms with Gasteiger partial charge in [-0.3, -0.25) is 24.1 Å². The van der Waals surface area contributed by atoms with Crippen LogP contribution in [0.25, 0.3) is 0 Å². The minimum absolute atomic E-state index is 0.256. The fourth-order valence-electron chi connectivity index (χ4n) is 4.88. The van der Waals surface area contributed by atoms with E-state index in [0.29, 0.717) is 39.0 Å². The number of esters is 1. The molecule has 1 aromatic carbocycles. The van der Waals surface area contributed by atoms with Gasteiger partial charge in [0.1, 0.15) is 6.54 Å². The van der Waals surface area contributed by atoms with Crippen LogP contribution >= 0.6 is 0 Å². The van der Waals surface area contributed by atoms with E-state index in [1.54, 1.807) is 4.90 Å². The molecule has 1 saturated carbocycles. The summed E-state index contributed by atoms with van der Waals surface area (Å²) in [5.74, 6) is -2.12. The highest BCUT2D eigenvalue weighted by atomic mass is 16.5. The van der Waals surface area contributed by atoms with Crippen LogP contribution in [0.5, 0.6) is 0 Å². The zero-order valence-corrected chi connectivity index (χ0v) is 17.9. The molecule has 3 aliphatic rings. The number of likely N-dealkylation sites (tertiary alicyclic amines) is 1. The van der Waals surface area contributed by atoms with Gasteiger partial charge in [0.05, 0.1) is 11.8 Å². The third-order valence-corrected chi connectivity index (χ3v) is 6.59. The maximum absolute atomic E-state index is 12.7. The molecule has 1 aliphatic carbocycles. The molecule has 8 nitrogen and oxygen atoms in total. The molecule has 0 spiro atoms. The third kappa shape index (κ3) is 4.43. The molecule has 0 aromatic heterocycles. The fraction of sp³-hybridized carbons (Fsp3) is 0.565.